The van der Waals surface area contributed by atoms with Crippen molar-refractivity contribution in [2.45, 2.75) is 180 Å². The molecule has 0 rings (SSSR count). The van der Waals surface area contributed by atoms with Gasteiger partial charge in [0.15, 0.2) is 6.10 Å². The van der Waals surface area contributed by atoms with Crippen LogP contribution in [0.3, 0.4) is 0 Å². The van der Waals surface area contributed by atoms with E-state index in [0.717, 1.165) is 57.8 Å². The van der Waals surface area contributed by atoms with E-state index in [1.807, 2.05) is 6.08 Å². The van der Waals surface area contributed by atoms with Gasteiger partial charge in [0.1, 0.15) is 12.7 Å². The molecule has 10 nitrogen and oxygen atoms in total. The zero-order valence-electron chi connectivity index (χ0n) is 35.5. The van der Waals surface area contributed by atoms with E-state index >= 15 is 0 Å². The lowest BCUT2D eigenvalue weighted by atomic mass is 10.1. The molecule has 0 aliphatic heterocycles. The Morgan fingerprint density at radius 3 is 1.46 bits per heavy atom. The van der Waals surface area contributed by atoms with Crippen molar-refractivity contribution in [1.82, 2.24) is 0 Å². The number of aliphatic hydroxyl groups excluding tert-OH is 2. The van der Waals surface area contributed by atoms with E-state index in [1.54, 1.807) is 0 Å². The fraction of sp³-hybridized carbons (Fsp3) is 0.696. The molecule has 3 atom stereocenters. The Morgan fingerprint density at radius 1 is 0.526 bits per heavy atom. The maximum atomic E-state index is 12.6. The first kappa shape index (κ1) is 54.4. The maximum absolute atomic E-state index is 12.6. The van der Waals surface area contributed by atoms with Gasteiger partial charge in [-0.1, -0.05) is 145 Å². The molecular formula is C46H79O10P. The Bertz CT molecular complexity index is 1180. The summed E-state index contributed by atoms with van der Waals surface area (Å²) < 4.78 is 32.6. The predicted molar refractivity (Wildman–Crippen MR) is 233 cm³/mol. The topological polar surface area (TPSA) is 149 Å². The molecule has 0 aromatic heterocycles. The number of rotatable bonds is 40. The maximum Gasteiger partial charge on any atom is 0.472 e. The van der Waals surface area contributed by atoms with Gasteiger partial charge in [-0.3, -0.25) is 18.6 Å². The Morgan fingerprint density at radius 2 is 0.930 bits per heavy atom. The molecule has 0 amide bonds. The van der Waals surface area contributed by atoms with Crippen molar-refractivity contribution in [3.63, 3.8) is 0 Å². The number of carbonyl (C=O) groups excluding carboxylic acids is 2. The molecule has 328 valence electrons. The number of aliphatic hydroxyl groups is 2. The van der Waals surface area contributed by atoms with Crippen LogP contribution in [-0.4, -0.2) is 65.7 Å². The van der Waals surface area contributed by atoms with Crippen molar-refractivity contribution >= 4 is 19.8 Å². The number of esters is 2. The van der Waals surface area contributed by atoms with Gasteiger partial charge in [-0.15, -0.1) is 0 Å². The molecule has 0 bridgehead atoms. The molecule has 0 saturated carbocycles. The Kier molecular flexibility index (Phi) is 39.7. The first-order valence-corrected chi connectivity index (χ1v) is 23.4. The smallest absolute Gasteiger partial charge is 0.462 e. The second kappa shape index (κ2) is 41.6. The van der Waals surface area contributed by atoms with Crippen molar-refractivity contribution in [1.29, 1.82) is 0 Å². The molecule has 0 radical (unpaired) electrons. The number of allylic oxidation sites excluding steroid dienone is 12. The second-order valence-corrected chi connectivity index (χ2v) is 15.8. The molecule has 0 saturated heterocycles. The van der Waals surface area contributed by atoms with Crippen LogP contribution in [-0.2, 0) is 32.7 Å². The summed E-state index contributed by atoms with van der Waals surface area (Å²) in [5.74, 6) is -1.02. The van der Waals surface area contributed by atoms with Crippen molar-refractivity contribution in [3.05, 3.63) is 72.9 Å². The Hall–Kier alpha value is -2.59. The second-order valence-electron chi connectivity index (χ2n) is 14.4. The fourth-order valence-corrected chi connectivity index (χ4v) is 6.22. The highest BCUT2D eigenvalue weighted by Crippen LogP contribution is 2.43. The summed E-state index contributed by atoms with van der Waals surface area (Å²) in [6.45, 7) is 2.25. The van der Waals surface area contributed by atoms with Crippen LogP contribution in [0.5, 0.6) is 0 Å². The van der Waals surface area contributed by atoms with Crippen LogP contribution in [0.1, 0.15) is 168 Å². The third kappa shape index (κ3) is 41.4. The van der Waals surface area contributed by atoms with Gasteiger partial charge in [0, 0.05) is 12.8 Å². The first-order valence-electron chi connectivity index (χ1n) is 21.9. The lowest BCUT2D eigenvalue weighted by molar-refractivity contribution is -0.161. The van der Waals surface area contributed by atoms with Gasteiger partial charge in [0.05, 0.1) is 19.8 Å². The number of hydrogen-bond donors (Lipinski definition) is 3. The number of hydrogen-bond acceptors (Lipinski definition) is 9. The van der Waals surface area contributed by atoms with E-state index in [4.69, 9.17) is 19.1 Å². The van der Waals surface area contributed by atoms with Crippen LogP contribution in [0.4, 0.5) is 0 Å². The normalized spacial score (nSPS) is 14.5. The average Bonchev–Trinajstić information content (AvgIpc) is 3.20. The number of phosphoric ester groups is 1. The Labute approximate surface area is 346 Å². The van der Waals surface area contributed by atoms with E-state index in [2.05, 4.69) is 85.2 Å². The van der Waals surface area contributed by atoms with Gasteiger partial charge >= 0.3 is 19.8 Å². The molecule has 0 aromatic carbocycles. The highest BCUT2D eigenvalue weighted by Gasteiger charge is 2.27. The highest BCUT2D eigenvalue weighted by molar-refractivity contribution is 7.47. The quantitative estimate of drug-likeness (QED) is 0.0236. The molecule has 0 fully saturated rings. The van der Waals surface area contributed by atoms with Gasteiger partial charge in [0.2, 0.25) is 0 Å². The van der Waals surface area contributed by atoms with Crippen LogP contribution < -0.4 is 0 Å². The molecule has 0 aromatic rings. The van der Waals surface area contributed by atoms with E-state index in [0.29, 0.717) is 19.3 Å². The molecule has 57 heavy (non-hydrogen) atoms. The summed E-state index contributed by atoms with van der Waals surface area (Å²) in [4.78, 5) is 35.0. The van der Waals surface area contributed by atoms with Crippen molar-refractivity contribution < 1.29 is 47.8 Å². The molecule has 0 aliphatic carbocycles. The minimum Gasteiger partial charge on any atom is -0.462 e. The van der Waals surface area contributed by atoms with Crippen LogP contribution in [0.25, 0.3) is 0 Å². The third-order valence-corrected chi connectivity index (χ3v) is 9.78. The molecule has 0 heterocycles. The van der Waals surface area contributed by atoms with Crippen molar-refractivity contribution in [3.8, 4) is 0 Å². The molecular weight excluding hydrogens is 743 g/mol. The standard InChI is InChI=1S/C46H79O10P/c1-3-5-7-9-11-13-15-17-19-21-23-25-27-29-31-33-35-37-45(49)53-41-44(42-55-57(51,52)54-40-43(48)39-47)56-46(50)38-36-34-32-30-28-26-24-22-20-18-16-14-12-10-8-6-4-2/h11,13,17-20,23-26,30,32,43-44,47-48H,3-10,12,14-16,21-22,27-29,31,33-42H2,1-2H3,(H,51,52)/b13-11+,19-17+,20-18+,25-23+,26-24+,32-30+/t43-,44+/m0/s1. The zero-order chi connectivity index (χ0) is 41.9. The van der Waals surface area contributed by atoms with Crippen LogP contribution >= 0.6 is 7.82 Å². The molecule has 11 heteroatoms. The van der Waals surface area contributed by atoms with E-state index in [9.17, 15) is 24.2 Å². The number of phosphoric acid groups is 1. The lowest BCUT2D eigenvalue weighted by Crippen LogP contribution is -2.29. The van der Waals surface area contributed by atoms with Crippen LogP contribution in [0.15, 0.2) is 72.9 Å². The number of ether oxygens (including phenoxy) is 2. The number of unbranched alkanes of at least 4 members (excludes halogenated alkanes) is 14. The minimum atomic E-state index is -4.64. The fourth-order valence-electron chi connectivity index (χ4n) is 5.43. The van der Waals surface area contributed by atoms with Gasteiger partial charge in [-0.2, -0.15) is 0 Å². The largest absolute Gasteiger partial charge is 0.472 e. The summed E-state index contributed by atoms with van der Waals surface area (Å²) in [6.07, 6.45) is 47.3. The number of carbonyl (C=O) groups is 2. The summed E-state index contributed by atoms with van der Waals surface area (Å²) >= 11 is 0. The van der Waals surface area contributed by atoms with Crippen LogP contribution in [0.2, 0.25) is 0 Å². The van der Waals surface area contributed by atoms with Gasteiger partial charge < -0.3 is 24.6 Å². The summed E-state index contributed by atoms with van der Waals surface area (Å²) in [6, 6.07) is 0. The highest BCUT2D eigenvalue weighted by atomic mass is 31.2. The summed E-state index contributed by atoms with van der Waals surface area (Å²) in [5, 5.41) is 18.3. The van der Waals surface area contributed by atoms with Crippen molar-refractivity contribution in [2.75, 3.05) is 26.4 Å². The average molecular weight is 823 g/mol. The van der Waals surface area contributed by atoms with Crippen molar-refractivity contribution in [2.24, 2.45) is 0 Å². The Balaban J connectivity index is 4.44. The van der Waals surface area contributed by atoms with E-state index < -0.39 is 51.8 Å². The zero-order valence-corrected chi connectivity index (χ0v) is 36.4. The SMILES string of the molecule is CCCCC/C=C/C/C=C/C/C=C/CCCCCCC(=O)OC[C@H](COP(=O)(O)OC[C@@H](O)CO)OC(=O)CCC/C=C/C/C=C/C/C=C/CCCCCCCC. The third-order valence-electron chi connectivity index (χ3n) is 8.83. The van der Waals surface area contributed by atoms with Gasteiger partial charge in [-0.05, 0) is 83.5 Å². The molecule has 0 spiro atoms. The molecule has 3 N–H and O–H groups in total. The monoisotopic (exact) mass is 823 g/mol. The predicted octanol–water partition coefficient (Wildman–Crippen LogP) is 11.7. The minimum absolute atomic E-state index is 0.104. The van der Waals surface area contributed by atoms with Gasteiger partial charge in [0.25, 0.3) is 0 Å². The van der Waals surface area contributed by atoms with Crippen LogP contribution in [0, 0.1) is 0 Å². The lowest BCUT2D eigenvalue weighted by Gasteiger charge is -2.20. The summed E-state index contributed by atoms with van der Waals surface area (Å²) in [5.41, 5.74) is 0. The van der Waals surface area contributed by atoms with E-state index in [1.165, 1.54) is 64.2 Å². The molecule has 1 unspecified atom stereocenters. The molecule has 0 aliphatic rings. The first-order chi connectivity index (χ1) is 27.7. The summed E-state index contributed by atoms with van der Waals surface area (Å²) in [7, 11) is -4.64. The van der Waals surface area contributed by atoms with E-state index in [-0.39, 0.29) is 19.4 Å². The van der Waals surface area contributed by atoms with Gasteiger partial charge in [-0.25, -0.2) is 4.57 Å².